The first-order valence-corrected chi connectivity index (χ1v) is 9.26. The summed E-state index contributed by atoms with van der Waals surface area (Å²) in [5.41, 5.74) is 0. The molecule has 0 bridgehead atoms. The molecule has 1 rings (SSSR count). The lowest BCUT2D eigenvalue weighted by Gasteiger charge is -2.52. The van der Waals surface area contributed by atoms with Crippen LogP contribution in [0.25, 0.3) is 0 Å². The highest BCUT2D eigenvalue weighted by atomic mass is 127. The van der Waals surface area contributed by atoms with Crippen molar-refractivity contribution in [3.05, 3.63) is 0 Å². The highest BCUT2D eigenvalue weighted by Crippen LogP contribution is 2.40. The largest absolute Gasteiger partial charge is 0.346 e. The third-order valence-corrected chi connectivity index (χ3v) is 4.87. The maximum Gasteiger partial charge on any atom is 0.220 e. The summed E-state index contributed by atoms with van der Waals surface area (Å²) in [5, 5.41) is 0. The van der Waals surface area contributed by atoms with Crippen molar-refractivity contribution in [1.29, 1.82) is 0 Å². The van der Waals surface area contributed by atoms with Gasteiger partial charge in [0.15, 0.2) is 0 Å². The normalized spacial score (nSPS) is 41.0. The number of rotatable bonds is 6. The molecule has 0 aromatic heterocycles. The van der Waals surface area contributed by atoms with Crippen LogP contribution in [0.4, 0.5) is 0 Å². The van der Waals surface area contributed by atoms with Gasteiger partial charge in [0.1, 0.15) is 0 Å². The van der Waals surface area contributed by atoms with E-state index in [9.17, 15) is 0 Å². The Hall–Kier alpha value is 1.30. The summed E-state index contributed by atoms with van der Waals surface area (Å²) in [6, 6.07) is 0. The van der Waals surface area contributed by atoms with E-state index in [0.717, 1.165) is 8.86 Å². The van der Waals surface area contributed by atoms with Gasteiger partial charge in [0.2, 0.25) is 11.6 Å². The second-order valence-electron chi connectivity index (χ2n) is 4.38. The molecular weight excluding hydrogens is 462 g/mol. The molecule has 0 saturated carbocycles. The van der Waals surface area contributed by atoms with Crippen LogP contribution in [0, 0.1) is 0 Å². The lowest BCUT2D eigenvalue weighted by molar-refractivity contribution is -0.450. The van der Waals surface area contributed by atoms with Crippen LogP contribution in [0.5, 0.6) is 0 Å². The van der Waals surface area contributed by atoms with Gasteiger partial charge in [-0.25, -0.2) is 0 Å². The average molecular weight is 484 g/mol. The van der Waals surface area contributed by atoms with Gasteiger partial charge in [-0.15, -0.1) is 0 Å². The number of hydrogen-bond acceptors (Lipinski definition) is 4. The Labute approximate surface area is 137 Å². The van der Waals surface area contributed by atoms with Gasteiger partial charge in [-0.05, 0) is 27.7 Å². The predicted molar refractivity (Wildman–Crippen MR) is 87.6 cm³/mol. The lowest BCUT2D eigenvalue weighted by Crippen LogP contribution is -2.66. The van der Waals surface area contributed by atoms with Gasteiger partial charge in [-0.3, -0.25) is 0 Å². The van der Waals surface area contributed by atoms with E-state index in [1.165, 1.54) is 0 Å². The third-order valence-electron chi connectivity index (χ3n) is 3.14. The third kappa shape index (κ3) is 3.49. The molecule has 1 aliphatic rings. The fourth-order valence-corrected chi connectivity index (χ4v) is 3.58. The highest BCUT2D eigenvalue weighted by Gasteiger charge is 2.56. The van der Waals surface area contributed by atoms with Crippen LogP contribution in [-0.4, -0.2) is 45.9 Å². The second-order valence-corrected chi connectivity index (χ2v) is 6.14. The molecule has 0 unspecified atom stereocenters. The van der Waals surface area contributed by atoms with E-state index >= 15 is 0 Å². The van der Waals surface area contributed by atoms with Gasteiger partial charge in [0.25, 0.3) is 0 Å². The Balaban J connectivity index is 2.97. The van der Waals surface area contributed by atoms with Crippen molar-refractivity contribution in [3.63, 3.8) is 0 Å². The minimum atomic E-state index is -0.865. The first-order chi connectivity index (χ1) is 8.46. The average Bonchev–Trinajstić information content (AvgIpc) is 2.33. The van der Waals surface area contributed by atoms with Crippen molar-refractivity contribution in [3.8, 4) is 0 Å². The molecule has 18 heavy (non-hydrogen) atoms. The van der Waals surface area contributed by atoms with Crippen molar-refractivity contribution < 1.29 is 18.9 Å². The van der Waals surface area contributed by atoms with Crippen LogP contribution >= 0.6 is 45.2 Å². The number of alkyl halides is 2. The van der Waals surface area contributed by atoms with Gasteiger partial charge < -0.3 is 18.9 Å². The highest BCUT2D eigenvalue weighted by molar-refractivity contribution is 14.1. The topological polar surface area (TPSA) is 36.9 Å². The quantitative estimate of drug-likeness (QED) is 0.429. The van der Waals surface area contributed by atoms with E-state index in [1.54, 1.807) is 0 Å². The van der Waals surface area contributed by atoms with E-state index in [2.05, 4.69) is 45.2 Å². The molecular formula is C12H22I2O4. The van der Waals surface area contributed by atoms with Crippen LogP contribution < -0.4 is 0 Å². The molecule has 0 spiro atoms. The van der Waals surface area contributed by atoms with E-state index in [4.69, 9.17) is 18.9 Å². The molecule has 0 radical (unpaired) electrons. The van der Waals surface area contributed by atoms with E-state index in [1.807, 2.05) is 27.7 Å². The molecule has 0 aromatic rings. The number of ether oxygens (including phenoxy) is 4. The molecule has 0 N–H and O–H groups in total. The summed E-state index contributed by atoms with van der Waals surface area (Å²) >= 11 is 4.64. The molecule has 4 nitrogen and oxygen atoms in total. The van der Waals surface area contributed by atoms with Crippen LogP contribution in [0.1, 0.15) is 27.7 Å². The summed E-state index contributed by atoms with van der Waals surface area (Å²) in [4.78, 5) is 0. The van der Waals surface area contributed by atoms with Crippen molar-refractivity contribution in [1.82, 2.24) is 0 Å². The van der Waals surface area contributed by atoms with Crippen molar-refractivity contribution in [2.45, 2.75) is 51.5 Å². The van der Waals surface area contributed by atoms with E-state index in [-0.39, 0.29) is 12.2 Å². The molecule has 0 amide bonds. The number of halogens is 2. The van der Waals surface area contributed by atoms with Gasteiger partial charge in [0, 0.05) is 22.1 Å². The monoisotopic (exact) mass is 484 g/mol. The Morgan fingerprint density at radius 1 is 0.889 bits per heavy atom. The Kier molecular flexibility index (Phi) is 7.08. The van der Waals surface area contributed by atoms with Crippen LogP contribution in [0.2, 0.25) is 0 Å². The van der Waals surface area contributed by atoms with Gasteiger partial charge in [-0.2, -0.15) is 0 Å². The standard InChI is InChI=1S/C12H22I2O4/c1-5-15-11(3)12(4,16-6-2)18-10(8-14)9(7-13)17-11/h9-10H,5-8H2,1-4H3/t9-,10-,11+,12+/m0/s1. The minimum absolute atomic E-state index is 0.0348. The molecule has 1 saturated heterocycles. The molecule has 6 heteroatoms. The predicted octanol–water partition coefficient (Wildman–Crippen LogP) is 3.15. The minimum Gasteiger partial charge on any atom is -0.346 e. The second kappa shape index (κ2) is 7.35. The van der Waals surface area contributed by atoms with Gasteiger partial charge in [-0.1, -0.05) is 45.2 Å². The number of hydrogen-bond donors (Lipinski definition) is 0. The fraction of sp³-hybridized carbons (Fsp3) is 1.00. The van der Waals surface area contributed by atoms with Crippen LogP contribution in [-0.2, 0) is 18.9 Å². The zero-order valence-electron chi connectivity index (χ0n) is 11.4. The van der Waals surface area contributed by atoms with Gasteiger partial charge >= 0.3 is 0 Å². The van der Waals surface area contributed by atoms with Crippen molar-refractivity contribution in [2.75, 3.05) is 22.1 Å². The van der Waals surface area contributed by atoms with Crippen molar-refractivity contribution >= 4 is 45.2 Å². The molecule has 0 aromatic carbocycles. The Bertz CT molecular complexity index is 240. The molecule has 1 aliphatic heterocycles. The molecule has 1 fully saturated rings. The summed E-state index contributed by atoms with van der Waals surface area (Å²) in [6.45, 7) is 8.81. The summed E-state index contributed by atoms with van der Waals surface area (Å²) in [7, 11) is 0. The zero-order valence-corrected chi connectivity index (χ0v) is 15.7. The summed E-state index contributed by atoms with van der Waals surface area (Å²) < 4.78 is 25.6. The Morgan fingerprint density at radius 2 is 1.22 bits per heavy atom. The first-order valence-electron chi connectivity index (χ1n) is 6.21. The van der Waals surface area contributed by atoms with Crippen LogP contribution in [0.15, 0.2) is 0 Å². The maximum absolute atomic E-state index is 6.15. The molecule has 108 valence electrons. The van der Waals surface area contributed by atoms with Crippen molar-refractivity contribution in [2.24, 2.45) is 0 Å². The lowest BCUT2D eigenvalue weighted by atomic mass is 10.0. The van der Waals surface area contributed by atoms with Gasteiger partial charge in [0.05, 0.1) is 12.2 Å². The SMILES string of the molecule is CCO[C@]1(C)O[C@@H](CI)[C@H](CI)O[C@@]1(C)OCC. The molecule has 4 atom stereocenters. The van der Waals surface area contributed by atoms with E-state index < -0.39 is 11.6 Å². The summed E-state index contributed by atoms with van der Waals surface area (Å²) in [5.74, 6) is -1.73. The molecule has 0 aliphatic carbocycles. The smallest absolute Gasteiger partial charge is 0.220 e. The Morgan fingerprint density at radius 3 is 1.44 bits per heavy atom. The summed E-state index contributed by atoms with van der Waals surface area (Å²) in [6.07, 6.45) is 0.0696. The maximum atomic E-state index is 6.15. The fourth-order valence-electron chi connectivity index (χ4n) is 2.09. The zero-order chi connectivity index (χ0) is 13.8. The van der Waals surface area contributed by atoms with E-state index in [0.29, 0.717) is 13.2 Å². The first kappa shape index (κ1) is 17.4. The molecule has 1 heterocycles. The van der Waals surface area contributed by atoms with Crippen LogP contribution in [0.3, 0.4) is 0 Å².